The second-order valence-electron chi connectivity index (χ2n) is 3.96. The normalized spacial score (nSPS) is 27.7. The highest BCUT2D eigenvalue weighted by Crippen LogP contribution is 2.43. The number of rotatable bonds is 0. The molecule has 2 atom stereocenters. The lowest BCUT2D eigenvalue weighted by atomic mass is 9.94. The Morgan fingerprint density at radius 2 is 2.27 bits per heavy atom. The minimum Gasteiger partial charge on any atom is -0.373 e. The van der Waals surface area contributed by atoms with E-state index in [0.717, 1.165) is 24.2 Å². The van der Waals surface area contributed by atoms with Crippen molar-refractivity contribution in [2.24, 2.45) is 0 Å². The van der Waals surface area contributed by atoms with Crippen LogP contribution in [-0.2, 0) is 0 Å². The van der Waals surface area contributed by atoms with Crippen LogP contribution < -0.4 is 10.6 Å². The van der Waals surface area contributed by atoms with Gasteiger partial charge in [-0.3, -0.25) is 4.79 Å². The van der Waals surface area contributed by atoms with E-state index in [9.17, 15) is 4.79 Å². The van der Waals surface area contributed by atoms with Crippen LogP contribution in [0.3, 0.4) is 0 Å². The highest BCUT2D eigenvalue weighted by molar-refractivity contribution is 14.1. The number of halogens is 1. The fourth-order valence-electron chi connectivity index (χ4n) is 2.41. The number of anilines is 1. The lowest BCUT2D eigenvalue weighted by Crippen LogP contribution is -2.23. The average Bonchev–Trinajstić information content (AvgIpc) is 2.43. The van der Waals surface area contributed by atoms with E-state index in [0.29, 0.717) is 9.97 Å². The van der Waals surface area contributed by atoms with Gasteiger partial charge in [-0.1, -0.05) is 28.7 Å². The van der Waals surface area contributed by atoms with E-state index in [-0.39, 0.29) is 5.91 Å². The molecule has 1 aromatic carbocycles. The highest BCUT2D eigenvalue weighted by Gasteiger charge is 2.35. The summed E-state index contributed by atoms with van der Waals surface area (Å²) in [5.41, 5.74) is 3.20. The molecule has 2 N–H and O–H groups in total. The van der Waals surface area contributed by atoms with Crippen molar-refractivity contribution in [1.29, 1.82) is 0 Å². The summed E-state index contributed by atoms with van der Waals surface area (Å²) in [6.45, 7) is 0.777. The number of benzene rings is 1. The molecule has 2 aliphatic rings. The van der Waals surface area contributed by atoms with Crippen LogP contribution in [0.4, 0.5) is 5.69 Å². The first-order chi connectivity index (χ1) is 7.27. The number of alkyl halides is 1. The van der Waals surface area contributed by atoms with Crippen molar-refractivity contribution in [2.75, 3.05) is 11.9 Å². The van der Waals surface area contributed by atoms with Crippen molar-refractivity contribution in [2.45, 2.75) is 16.4 Å². The lowest BCUT2D eigenvalue weighted by molar-refractivity contribution is 0.0956. The van der Waals surface area contributed by atoms with Crippen LogP contribution in [0.15, 0.2) is 18.2 Å². The van der Waals surface area contributed by atoms with Crippen LogP contribution in [0, 0.1) is 0 Å². The monoisotopic (exact) mass is 314 g/mol. The molecule has 0 saturated heterocycles. The Kier molecular flexibility index (Phi) is 2.12. The number of nitrogens with one attached hydrogen (secondary N) is 2. The molecule has 0 spiro atoms. The van der Waals surface area contributed by atoms with Gasteiger partial charge in [0, 0.05) is 23.7 Å². The third-order valence-electron chi connectivity index (χ3n) is 3.11. The number of carbonyl (C=O) groups is 1. The summed E-state index contributed by atoms with van der Waals surface area (Å²) < 4.78 is 0.409. The molecule has 4 heteroatoms. The van der Waals surface area contributed by atoms with Gasteiger partial charge >= 0.3 is 0 Å². The van der Waals surface area contributed by atoms with Crippen molar-refractivity contribution in [3.8, 4) is 0 Å². The van der Waals surface area contributed by atoms with E-state index in [4.69, 9.17) is 0 Å². The molecule has 0 saturated carbocycles. The molecular weight excluding hydrogens is 303 g/mol. The van der Waals surface area contributed by atoms with Crippen molar-refractivity contribution < 1.29 is 4.79 Å². The van der Waals surface area contributed by atoms with E-state index in [2.05, 4.69) is 39.3 Å². The van der Waals surface area contributed by atoms with Gasteiger partial charge in [-0.25, -0.2) is 0 Å². The Morgan fingerprint density at radius 3 is 3.13 bits per heavy atom. The van der Waals surface area contributed by atoms with Gasteiger partial charge < -0.3 is 10.6 Å². The molecule has 2 aliphatic heterocycles. The summed E-state index contributed by atoms with van der Waals surface area (Å²) >= 11 is 2.41. The highest BCUT2D eigenvalue weighted by atomic mass is 127. The molecule has 78 valence electrons. The molecule has 3 nitrogen and oxygen atoms in total. The van der Waals surface area contributed by atoms with Gasteiger partial charge in [0.2, 0.25) is 0 Å². The third kappa shape index (κ3) is 1.34. The average molecular weight is 314 g/mol. The van der Waals surface area contributed by atoms with E-state index in [1.54, 1.807) is 0 Å². The summed E-state index contributed by atoms with van der Waals surface area (Å²) in [5.74, 6) is 0.539. The number of carbonyl (C=O) groups excluding carboxylic acids is 1. The van der Waals surface area contributed by atoms with Gasteiger partial charge in [-0.05, 0) is 24.1 Å². The van der Waals surface area contributed by atoms with Gasteiger partial charge in [0.05, 0.1) is 4.05 Å². The van der Waals surface area contributed by atoms with Crippen molar-refractivity contribution in [3.05, 3.63) is 29.3 Å². The third-order valence-corrected chi connectivity index (χ3v) is 4.29. The van der Waals surface area contributed by atoms with Gasteiger partial charge in [0.25, 0.3) is 5.91 Å². The first-order valence-corrected chi connectivity index (χ1v) is 6.33. The van der Waals surface area contributed by atoms with Crippen LogP contribution in [0.1, 0.15) is 28.3 Å². The van der Waals surface area contributed by atoms with Crippen molar-refractivity contribution in [3.63, 3.8) is 0 Å². The molecule has 3 rings (SSSR count). The van der Waals surface area contributed by atoms with E-state index < -0.39 is 0 Å². The number of hydrogen-bond donors (Lipinski definition) is 2. The van der Waals surface area contributed by atoms with Gasteiger partial charge in [-0.2, -0.15) is 0 Å². The summed E-state index contributed by atoms with van der Waals surface area (Å²) in [5, 5.41) is 6.38. The van der Waals surface area contributed by atoms with Gasteiger partial charge in [-0.15, -0.1) is 0 Å². The number of hydrogen-bond acceptors (Lipinski definition) is 2. The minimum atomic E-state index is 0.0710. The maximum atomic E-state index is 11.8. The van der Waals surface area contributed by atoms with Crippen LogP contribution in [0.5, 0.6) is 0 Å². The van der Waals surface area contributed by atoms with Gasteiger partial charge in [0.1, 0.15) is 0 Å². The Balaban J connectivity index is 2.22. The van der Waals surface area contributed by atoms with Crippen LogP contribution >= 0.6 is 22.6 Å². The lowest BCUT2D eigenvalue weighted by Gasteiger charge is -2.12. The fourth-order valence-corrected chi connectivity index (χ4v) is 3.47. The molecule has 0 radical (unpaired) electrons. The largest absolute Gasteiger partial charge is 0.373 e. The molecule has 1 aromatic rings. The molecule has 15 heavy (non-hydrogen) atoms. The van der Waals surface area contributed by atoms with Crippen molar-refractivity contribution in [1.82, 2.24) is 5.32 Å². The van der Waals surface area contributed by atoms with Crippen LogP contribution in [0.25, 0.3) is 0 Å². The zero-order chi connectivity index (χ0) is 10.4. The topological polar surface area (TPSA) is 41.1 Å². The summed E-state index contributed by atoms with van der Waals surface area (Å²) in [4.78, 5) is 11.8. The molecule has 2 heterocycles. The fraction of sp³-hybridized carbons (Fsp3) is 0.364. The second kappa shape index (κ2) is 3.37. The second-order valence-corrected chi connectivity index (χ2v) is 5.31. The van der Waals surface area contributed by atoms with Crippen molar-refractivity contribution >= 4 is 34.2 Å². The standard InChI is InChI=1S/C11H11IN2O/c12-10-6-4-5-13-11(15)7-2-1-3-8(14-10)9(6)7/h1-3,6,10,14H,4-5H2,(H,13,15). The predicted octanol–water partition coefficient (Wildman–Crippen LogP) is 2.09. The first kappa shape index (κ1) is 9.45. The Bertz CT molecular complexity index is 433. The Labute approximate surface area is 102 Å². The molecule has 0 aromatic heterocycles. The maximum Gasteiger partial charge on any atom is 0.251 e. The molecule has 2 unspecified atom stereocenters. The summed E-state index contributed by atoms with van der Waals surface area (Å²) in [6, 6.07) is 5.92. The smallest absolute Gasteiger partial charge is 0.251 e. The van der Waals surface area contributed by atoms with Crippen LogP contribution in [-0.4, -0.2) is 16.5 Å². The number of amides is 1. The molecule has 0 fully saturated rings. The molecule has 0 aliphatic carbocycles. The van der Waals surface area contributed by atoms with Crippen LogP contribution in [0.2, 0.25) is 0 Å². The molecule has 1 amide bonds. The Morgan fingerprint density at radius 1 is 1.40 bits per heavy atom. The zero-order valence-electron chi connectivity index (χ0n) is 8.09. The summed E-state index contributed by atoms with van der Waals surface area (Å²) in [6.07, 6.45) is 1.02. The Hall–Kier alpha value is -0.780. The summed E-state index contributed by atoms with van der Waals surface area (Å²) in [7, 11) is 0. The van der Waals surface area contributed by atoms with E-state index >= 15 is 0 Å². The first-order valence-electron chi connectivity index (χ1n) is 5.09. The zero-order valence-corrected chi connectivity index (χ0v) is 10.2. The predicted molar refractivity (Wildman–Crippen MR) is 67.6 cm³/mol. The van der Waals surface area contributed by atoms with Gasteiger partial charge in [0.15, 0.2) is 0 Å². The minimum absolute atomic E-state index is 0.0710. The maximum absolute atomic E-state index is 11.8. The quantitative estimate of drug-likeness (QED) is 0.437. The SMILES string of the molecule is O=C1NCCC2c3c(cccc31)NC2I. The van der Waals surface area contributed by atoms with E-state index in [1.165, 1.54) is 5.56 Å². The van der Waals surface area contributed by atoms with E-state index in [1.807, 2.05) is 12.1 Å². The molecule has 0 bridgehead atoms. The molecular formula is C11H11IN2O.